The molecule has 2 aromatic rings. The molecule has 0 amide bonds. The molecule has 8 nitrogen and oxygen atoms in total. The first-order valence-corrected chi connectivity index (χ1v) is 13.5. The normalized spacial score (nSPS) is 11.0. The summed E-state index contributed by atoms with van der Waals surface area (Å²) in [6.07, 6.45) is 3.58. The van der Waals surface area contributed by atoms with Gasteiger partial charge in [0.2, 0.25) is 10.0 Å². The van der Waals surface area contributed by atoms with Gasteiger partial charge in [-0.1, -0.05) is 0 Å². The molecule has 0 unspecified atom stereocenters. The lowest BCUT2D eigenvalue weighted by Crippen LogP contribution is -2.11. The highest BCUT2D eigenvalue weighted by molar-refractivity contribution is 8.38. The van der Waals surface area contributed by atoms with Crippen molar-refractivity contribution in [1.82, 2.24) is 0 Å². The van der Waals surface area contributed by atoms with E-state index in [0.717, 1.165) is 0 Å². The molecule has 0 aliphatic rings. The third-order valence-electron chi connectivity index (χ3n) is 3.29. The first kappa shape index (κ1) is 27.2. The zero-order chi connectivity index (χ0) is 24.8. The van der Waals surface area contributed by atoms with Crippen LogP contribution in [0.25, 0.3) is 0 Å². The number of halogens is 1. The molecule has 2 aromatic carbocycles. The average Bonchev–Trinajstić information content (AvgIpc) is 2.78. The lowest BCUT2D eigenvalue weighted by molar-refractivity contribution is 0.414. The van der Waals surface area contributed by atoms with Gasteiger partial charge in [-0.25, -0.2) is 13.6 Å². The van der Waals surface area contributed by atoms with E-state index in [2.05, 4.69) is 4.40 Å². The predicted molar refractivity (Wildman–Crippen MR) is 126 cm³/mol. The summed E-state index contributed by atoms with van der Waals surface area (Å²) in [6.45, 7) is 0. The number of nitrogens with two attached hydrogens (primary N) is 1. The highest BCUT2D eigenvalue weighted by atomic mass is 32.2. The molecule has 0 saturated carbocycles. The van der Waals surface area contributed by atoms with E-state index in [1.54, 1.807) is 36.8 Å². The summed E-state index contributed by atoms with van der Waals surface area (Å²) in [7, 11) is -5.17. The first-order chi connectivity index (χ1) is 15.0. The number of hydrogen-bond acceptors (Lipinski definition) is 8. The fraction of sp³-hybridized carbons (Fsp3) is 0.278. The quantitative estimate of drug-likeness (QED) is 0.476. The van der Waals surface area contributed by atoms with E-state index in [0.29, 0.717) is 15.9 Å². The first-order valence-electron chi connectivity index (χ1n) is 8.78. The molecule has 0 aromatic heterocycles. The van der Waals surface area contributed by atoms with Crippen LogP contribution in [0.4, 0.5) is 4.39 Å². The second-order valence-corrected chi connectivity index (χ2v) is 10.2. The van der Waals surface area contributed by atoms with Crippen molar-refractivity contribution in [2.24, 2.45) is 9.54 Å². The van der Waals surface area contributed by atoms with E-state index in [4.69, 9.17) is 16.0 Å². The van der Waals surface area contributed by atoms with Crippen LogP contribution in [-0.2, 0) is 20.0 Å². The number of alkyl halides is 1. The smallest absolute Gasteiger partial charge is 0.283 e. The number of rotatable bonds is 5. The van der Waals surface area contributed by atoms with E-state index < -0.39 is 27.2 Å². The van der Waals surface area contributed by atoms with Gasteiger partial charge in [-0.05, 0) is 61.0 Å². The molecule has 0 saturated heterocycles. The molecule has 2 N–H and O–H groups in total. The monoisotopic (exact) mass is 513 g/mol. The Morgan fingerprint density at radius 2 is 1.26 bits per heavy atom. The number of methoxy groups -OCH3 is 2. The van der Waals surface area contributed by atoms with Crippen LogP contribution in [-0.4, -0.2) is 55.1 Å². The molecule has 0 spiro atoms. The largest absolute Gasteiger partial charge is 0.497 e. The Labute approximate surface area is 192 Å². The van der Waals surface area contributed by atoms with Gasteiger partial charge in [0.1, 0.15) is 15.9 Å². The van der Waals surface area contributed by atoms with Crippen molar-refractivity contribution in [3.05, 3.63) is 48.5 Å². The summed E-state index contributed by atoms with van der Waals surface area (Å²) < 4.78 is 74.9. The Kier molecular flexibility index (Phi) is 12.6. The summed E-state index contributed by atoms with van der Waals surface area (Å²) in [5.41, 5.74) is 0. The average molecular weight is 514 g/mol. The lowest BCUT2D eigenvalue weighted by atomic mass is 10.3. The van der Waals surface area contributed by atoms with E-state index in [1.807, 2.05) is 0 Å². The molecule has 0 aliphatic carbocycles. The standard InChI is InChI=1S/C10H13NO3S3.C7H9NO3S.CH3F/c1-14-8-4-6-9(7-5-8)17(12,13)11-10(15-2)16-3;1-11-6-2-4-7(5-3-6)12(8,9)10;1-2/h4-7H,1-3H3;2-5H,1H3,(H2,8,9,10);1H3/i;;1D. The zero-order valence-corrected chi connectivity index (χ0v) is 20.6. The molecular formula is C18H25FN2O6S4. The molecule has 31 heavy (non-hydrogen) atoms. The van der Waals surface area contributed by atoms with Crippen LogP contribution < -0.4 is 14.6 Å². The number of hydrogen-bond donors (Lipinski definition) is 1. The Morgan fingerprint density at radius 1 is 0.903 bits per heavy atom. The number of thioether (sulfide) groups is 2. The van der Waals surface area contributed by atoms with Gasteiger partial charge in [-0.2, -0.15) is 8.42 Å². The number of ether oxygens (including phenoxy) is 2. The second kappa shape index (κ2) is 14.3. The fourth-order valence-electron chi connectivity index (χ4n) is 1.82. The third-order valence-corrected chi connectivity index (χ3v) is 7.62. The van der Waals surface area contributed by atoms with Crippen LogP contribution in [0.1, 0.15) is 1.37 Å². The van der Waals surface area contributed by atoms with Gasteiger partial charge in [0.25, 0.3) is 10.0 Å². The summed E-state index contributed by atoms with van der Waals surface area (Å²) in [5.74, 6) is 1.21. The van der Waals surface area contributed by atoms with Crippen LogP contribution in [0.2, 0.25) is 0 Å². The van der Waals surface area contributed by atoms with Crippen LogP contribution in [0, 0.1) is 0 Å². The van der Waals surface area contributed by atoms with E-state index in [-0.39, 0.29) is 9.79 Å². The minimum Gasteiger partial charge on any atom is -0.497 e. The van der Waals surface area contributed by atoms with E-state index >= 15 is 0 Å². The van der Waals surface area contributed by atoms with Crippen molar-refractivity contribution in [2.75, 3.05) is 33.9 Å². The molecule has 2 rings (SSSR count). The van der Waals surface area contributed by atoms with Crippen molar-refractivity contribution < 1.29 is 32.1 Å². The molecule has 0 heterocycles. The van der Waals surface area contributed by atoms with Crippen molar-refractivity contribution in [1.29, 1.82) is 0 Å². The van der Waals surface area contributed by atoms with Crippen molar-refractivity contribution >= 4 is 47.9 Å². The molecule has 0 aliphatic heterocycles. The minimum absolute atomic E-state index is 0.0864. The minimum atomic E-state index is -3.62. The number of primary sulfonamides is 1. The number of sulfonamides is 2. The summed E-state index contributed by atoms with van der Waals surface area (Å²) in [6, 6.07) is 12.0. The predicted octanol–water partition coefficient (Wildman–Crippen LogP) is 3.39. The summed E-state index contributed by atoms with van der Waals surface area (Å²) >= 11 is 2.62. The third kappa shape index (κ3) is 10.4. The number of nitrogens with zero attached hydrogens (tertiary/aromatic N) is 1. The summed E-state index contributed by atoms with van der Waals surface area (Å²) in [5, 5.41) is 4.88. The molecule has 174 valence electrons. The van der Waals surface area contributed by atoms with Gasteiger partial charge in [0.05, 0.1) is 32.5 Å². The molecular weight excluding hydrogens is 487 g/mol. The van der Waals surface area contributed by atoms with Crippen molar-refractivity contribution in [3.63, 3.8) is 0 Å². The zero-order valence-electron chi connectivity index (χ0n) is 18.3. The topological polar surface area (TPSA) is 125 Å². The van der Waals surface area contributed by atoms with Crippen LogP contribution in [0.5, 0.6) is 11.5 Å². The molecule has 0 fully saturated rings. The van der Waals surface area contributed by atoms with Crippen molar-refractivity contribution in [2.45, 2.75) is 9.79 Å². The Morgan fingerprint density at radius 3 is 1.55 bits per heavy atom. The second-order valence-electron chi connectivity index (χ2n) is 5.14. The summed E-state index contributed by atoms with van der Waals surface area (Å²) in [4.78, 5) is 0.252. The maximum atomic E-state index is 11.9. The van der Waals surface area contributed by atoms with Gasteiger partial charge in [0, 0.05) is 0 Å². The van der Waals surface area contributed by atoms with Gasteiger partial charge in [-0.3, -0.25) is 4.39 Å². The maximum absolute atomic E-state index is 11.9. The Hall–Kier alpha value is -1.80. The highest BCUT2D eigenvalue weighted by Crippen LogP contribution is 2.20. The van der Waals surface area contributed by atoms with E-state index in [9.17, 15) is 21.2 Å². The van der Waals surface area contributed by atoms with Gasteiger partial charge in [0.15, 0.2) is 0 Å². The van der Waals surface area contributed by atoms with E-state index in [1.165, 1.54) is 62.0 Å². The molecule has 0 atom stereocenters. The van der Waals surface area contributed by atoms with Crippen LogP contribution in [0.15, 0.2) is 62.7 Å². The van der Waals surface area contributed by atoms with Gasteiger partial charge < -0.3 is 9.47 Å². The molecule has 0 bridgehead atoms. The van der Waals surface area contributed by atoms with Crippen LogP contribution in [0.3, 0.4) is 0 Å². The molecule has 0 radical (unpaired) electrons. The maximum Gasteiger partial charge on any atom is 0.283 e. The highest BCUT2D eigenvalue weighted by Gasteiger charge is 2.14. The SMILES string of the molecule is COc1ccc(S(=O)(=O)N=C(SC)SC)cc1.COc1ccc(S(N)(=O)=O)cc1.[2H]CF. The number of benzene rings is 2. The van der Waals surface area contributed by atoms with Crippen molar-refractivity contribution in [3.8, 4) is 11.5 Å². The van der Waals surface area contributed by atoms with Gasteiger partial charge in [-0.15, -0.1) is 27.9 Å². The van der Waals surface area contributed by atoms with Crippen LogP contribution >= 0.6 is 23.5 Å². The lowest BCUT2D eigenvalue weighted by Gasteiger charge is -2.03. The molecule has 13 heteroatoms. The Balaban J connectivity index is 0.000000559. The van der Waals surface area contributed by atoms with Gasteiger partial charge >= 0.3 is 0 Å². The Bertz CT molecular complexity index is 1040. The fourth-order valence-corrected chi connectivity index (χ4v) is 4.97.